The van der Waals surface area contributed by atoms with Gasteiger partial charge in [0.05, 0.1) is 24.9 Å². The standard InChI is InChI=1S/C8H15NO3.2C6H11NO3.C6H7NO3/c1-4-5(2)7(8(10)11)12-6(4)3-9;3*7-3-4-1-2-5(10-4)6(8)9/h4-7H,3,9H2,1-2H3,(H,10,11);2*4-5H,1-3,7H2,(H,8,9);1-2H,3,7H2,(H,8,9)/t4-,5-,6+,7?;4-,5+;;/m01../s1. The Morgan fingerprint density at radius 3 is 1.43 bits per heavy atom. The zero-order chi connectivity index (χ0) is 32.0. The first-order valence-corrected chi connectivity index (χ1v) is 13.6. The lowest BCUT2D eigenvalue weighted by atomic mass is 9.90. The van der Waals surface area contributed by atoms with E-state index in [1.165, 1.54) is 6.07 Å². The molecule has 16 heteroatoms. The number of rotatable bonds is 8. The van der Waals surface area contributed by atoms with Crippen molar-refractivity contribution in [3.8, 4) is 0 Å². The first-order chi connectivity index (χ1) is 19.8. The molecule has 1 aromatic rings. The van der Waals surface area contributed by atoms with E-state index in [1.807, 2.05) is 13.8 Å². The molecule has 0 radical (unpaired) electrons. The van der Waals surface area contributed by atoms with Crippen molar-refractivity contribution in [3.05, 3.63) is 23.7 Å². The molecule has 0 saturated carbocycles. The number of carbonyl (C=O) groups is 4. The molecule has 3 unspecified atom stereocenters. The molecule has 0 bridgehead atoms. The van der Waals surface area contributed by atoms with E-state index in [0.29, 0.717) is 38.2 Å². The van der Waals surface area contributed by atoms with Gasteiger partial charge in [-0.3, -0.25) is 0 Å². The fourth-order valence-corrected chi connectivity index (χ4v) is 4.33. The van der Waals surface area contributed by atoms with Gasteiger partial charge in [-0.05, 0) is 49.7 Å². The Labute approximate surface area is 243 Å². The lowest BCUT2D eigenvalue weighted by Crippen LogP contribution is -2.26. The van der Waals surface area contributed by atoms with Gasteiger partial charge in [-0.2, -0.15) is 0 Å². The summed E-state index contributed by atoms with van der Waals surface area (Å²) in [5.74, 6) is -3.01. The lowest BCUT2D eigenvalue weighted by molar-refractivity contribution is -0.151. The predicted molar refractivity (Wildman–Crippen MR) is 146 cm³/mol. The van der Waals surface area contributed by atoms with Crippen LogP contribution in [-0.4, -0.2) is 101 Å². The Kier molecular flexibility index (Phi) is 16.2. The summed E-state index contributed by atoms with van der Waals surface area (Å²) in [5.41, 5.74) is 21.2. The second-order valence-corrected chi connectivity index (χ2v) is 9.96. The van der Waals surface area contributed by atoms with Gasteiger partial charge in [0.25, 0.3) is 0 Å². The molecule has 4 rings (SSSR count). The first kappa shape index (κ1) is 36.9. The third-order valence-corrected chi connectivity index (χ3v) is 7.06. The van der Waals surface area contributed by atoms with E-state index in [-0.39, 0.29) is 42.5 Å². The van der Waals surface area contributed by atoms with Crippen LogP contribution < -0.4 is 22.9 Å². The highest BCUT2D eigenvalue weighted by Crippen LogP contribution is 2.31. The molecule has 3 aliphatic heterocycles. The van der Waals surface area contributed by atoms with Crippen molar-refractivity contribution in [2.24, 2.45) is 34.8 Å². The van der Waals surface area contributed by atoms with Crippen molar-refractivity contribution < 1.29 is 58.2 Å². The summed E-state index contributed by atoms with van der Waals surface area (Å²) in [4.78, 5) is 41.4. The third-order valence-electron chi connectivity index (χ3n) is 7.06. The Morgan fingerprint density at radius 2 is 1.21 bits per heavy atom. The van der Waals surface area contributed by atoms with Crippen LogP contribution in [-0.2, 0) is 35.1 Å². The highest BCUT2D eigenvalue weighted by molar-refractivity contribution is 5.84. The van der Waals surface area contributed by atoms with Gasteiger partial charge >= 0.3 is 23.9 Å². The van der Waals surface area contributed by atoms with Crippen molar-refractivity contribution in [1.29, 1.82) is 0 Å². The molecule has 1 aromatic heterocycles. The van der Waals surface area contributed by atoms with Gasteiger partial charge in [0.2, 0.25) is 5.76 Å². The monoisotopic (exact) mass is 604 g/mol. The second kappa shape index (κ2) is 18.4. The fourth-order valence-electron chi connectivity index (χ4n) is 4.33. The van der Waals surface area contributed by atoms with E-state index in [0.717, 1.165) is 12.8 Å². The molecule has 0 amide bonds. The van der Waals surface area contributed by atoms with Crippen LogP contribution in [0.1, 0.15) is 55.8 Å². The smallest absolute Gasteiger partial charge is 0.371 e. The van der Waals surface area contributed by atoms with Crippen LogP contribution in [0.3, 0.4) is 0 Å². The summed E-state index contributed by atoms with van der Waals surface area (Å²) < 4.78 is 20.1. The Morgan fingerprint density at radius 1 is 0.714 bits per heavy atom. The molecule has 42 heavy (non-hydrogen) atoms. The van der Waals surface area contributed by atoms with Gasteiger partial charge in [0.15, 0.2) is 18.3 Å². The van der Waals surface area contributed by atoms with Gasteiger partial charge in [-0.25, -0.2) is 19.2 Å². The third kappa shape index (κ3) is 11.6. The average Bonchev–Trinajstić information content (AvgIpc) is 3.77. The van der Waals surface area contributed by atoms with E-state index in [9.17, 15) is 19.2 Å². The summed E-state index contributed by atoms with van der Waals surface area (Å²) in [7, 11) is 0. The molecule has 3 aliphatic rings. The molecule has 4 heterocycles. The predicted octanol–water partition coefficient (Wildman–Crippen LogP) is -0.340. The van der Waals surface area contributed by atoms with E-state index in [2.05, 4.69) is 0 Å². The number of furan rings is 1. The Bertz CT molecular complexity index is 974. The molecule has 8 atom stereocenters. The molecule has 0 spiro atoms. The number of nitrogens with two attached hydrogens (primary N) is 4. The lowest BCUT2D eigenvalue weighted by Gasteiger charge is -2.12. The minimum absolute atomic E-state index is 0.0406. The summed E-state index contributed by atoms with van der Waals surface area (Å²) in [6, 6.07) is 2.92. The zero-order valence-electron chi connectivity index (χ0n) is 23.8. The minimum Gasteiger partial charge on any atom is -0.479 e. The molecule has 12 N–H and O–H groups in total. The van der Waals surface area contributed by atoms with Crippen molar-refractivity contribution in [1.82, 2.24) is 0 Å². The van der Waals surface area contributed by atoms with E-state index in [1.54, 1.807) is 6.07 Å². The summed E-state index contributed by atoms with van der Waals surface area (Å²) >= 11 is 0. The first-order valence-electron chi connectivity index (χ1n) is 13.6. The molecule has 3 saturated heterocycles. The molecular weight excluding hydrogens is 560 g/mol. The Balaban J connectivity index is 0.000000281. The topological polar surface area (TPSA) is 294 Å². The summed E-state index contributed by atoms with van der Waals surface area (Å²) in [5, 5.41) is 34.0. The van der Waals surface area contributed by atoms with Crippen molar-refractivity contribution in [2.45, 2.75) is 82.7 Å². The minimum atomic E-state index is -1.07. The van der Waals surface area contributed by atoms with Crippen LogP contribution in [0.25, 0.3) is 0 Å². The van der Waals surface area contributed by atoms with Crippen molar-refractivity contribution in [3.63, 3.8) is 0 Å². The van der Waals surface area contributed by atoms with Crippen LogP contribution >= 0.6 is 0 Å². The molecule has 3 fully saturated rings. The van der Waals surface area contributed by atoms with Crippen LogP contribution in [0, 0.1) is 11.8 Å². The highest BCUT2D eigenvalue weighted by atomic mass is 16.5. The maximum Gasteiger partial charge on any atom is 0.371 e. The molecule has 16 nitrogen and oxygen atoms in total. The van der Waals surface area contributed by atoms with Gasteiger partial charge in [0.1, 0.15) is 5.76 Å². The van der Waals surface area contributed by atoms with Crippen LogP contribution in [0.15, 0.2) is 16.5 Å². The molecule has 0 aliphatic carbocycles. The van der Waals surface area contributed by atoms with Gasteiger partial charge in [0, 0.05) is 19.6 Å². The highest BCUT2D eigenvalue weighted by Gasteiger charge is 2.42. The average molecular weight is 605 g/mol. The zero-order valence-corrected chi connectivity index (χ0v) is 23.8. The number of carboxylic acids is 4. The number of aromatic carboxylic acids is 1. The largest absolute Gasteiger partial charge is 0.479 e. The quantitative estimate of drug-likeness (QED) is 0.188. The summed E-state index contributed by atoms with van der Waals surface area (Å²) in [6.45, 7) is 5.33. The normalized spacial score (nSPS) is 29.7. The maximum atomic E-state index is 10.7. The van der Waals surface area contributed by atoms with E-state index < -0.39 is 42.2 Å². The Hall–Kier alpha value is -3.12. The van der Waals surface area contributed by atoms with Gasteiger partial charge in [-0.1, -0.05) is 13.8 Å². The molecular formula is C26H44N4O12. The molecule has 0 aromatic carbocycles. The van der Waals surface area contributed by atoms with E-state index >= 15 is 0 Å². The number of carboxylic acid groups (broad SMARTS) is 4. The second-order valence-electron chi connectivity index (χ2n) is 9.96. The van der Waals surface area contributed by atoms with Crippen molar-refractivity contribution in [2.75, 3.05) is 19.6 Å². The van der Waals surface area contributed by atoms with Crippen LogP contribution in [0.5, 0.6) is 0 Å². The fraction of sp³-hybridized carbons (Fsp3) is 0.692. The summed E-state index contributed by atoms with van der Waals surface area (Å²) in [6.07, 6.45) is 0.647. The van der Waals surface area contributed by atoms with Crippen molar-refractivity contribution >= 4 is 23.9 Å². The van der Waals surface area contributed by atoms with E-state index in [4.69, 9.17) is 62.0 Å². The van der Waals surface area contributed by atoms with Gasteiger partial charge < -0.3 is 62.0 Å². The molecule has 240 valence electrons. The SMILES string of the molecule is C[C@H]1[C@H](C)C(C(=O)O)O[C@@H]1CN.NCC1CCC(C(=O)O)O1.NC[C@H]1CC[C@@H](C(=O)O)O1.NCc1ccc(C(=O)O)o1. The number of hydrogen-bond donors (Lipinski definition) is 8. The van der Waals surface area contributed by atoms with Crippen LogP contribution in [0.4, 0.5) is 0 Å². The van der Waals surface area contributed by atoms with Crippen LogP contribution in [0.2, 0.25) is 0 Å². The number of aliphatic carboxylic acids is 3. The van der Waals surface area contributed by atoms with Gasteiger partial charge in [-0.15, -0.1) is 0 Å². The number of hydrogen-bond acceptors (Lipinski definition) is 12. The maximum absolute atomic E-state index is 10.7. The number of ether oxygens (including phenoxy) is 3.